The minimum absolute atomic E-state index is 0.816. The third-order valence-electron chi connectivity index (χ3n) is 2.98. The Bertz CT molecular complexity index is 563. The average molecular weight is 323 g/mol. The molecule has 0 aliphatic carbocycles. The summed E-state index contributed by atoms with van der Waals surface area (Å²) < 4.78 is 2.75. The van der Waals surface area contributed by atoms with E-state index in [1.54, 1.807) is 0 Å². The monoisotopic (exact) mass is 322 g/mol. The second-order valence-corrected chi connectivity index (χ2v) is 5.27. The van der Waals surface area contributed by atoms with Crippen molar-refractivity contribution < 1.29 is 0 Å². The summed E-state index contributed by atoms with van der Waals surface area (Å²) in [5, 5.41) is 4.62. The Morgan fingerprint density at radius 2 is 1.89 bits per heavy atom. The number of aromatic nitrogens is 4. The van der Waals surface area contributed by atoms with Gasteiger partial charge < -0.3 is 0 Å². The minimum Gasteiger partial charge on any atom is -0.226 e. The van der Waals surface area contributed by atoms with Crippen molar-refractivity contribution >= 4 is 15.9 Å². The maximum absolute atomic E-state index is 4.62. The molecule has 0 aromatic carbocycles. The predicted octanol–water partition coefficient (Wildman–Crippen LogP) is 3.50. The van der Waals surface area contributed by atoms with Crippen LogP contribution in [0.15, 0.2) is 16.7 Å². The van der Waals surface area contributed by atoms with Crippen molar-refractivity contribution in [3.63, 3.8) is 0 Å². The van der Waals surface area contributed by atoms with E-state index in [9.17, 15) is 0 Å². The lowest BCUT2D eigenvalue weighted by Gasteiger charge is -2.07. The van der Waals surface area contributed by atoms with Gasteiger partial charge in [0.1, 0.15) is 10.4 Å². The van der Waals surface area contributed by atoms with Gasteiger partial charge in [-0.1, -0.05) is 20.8 Å². The summed E-state index contributed by atoms with van der Waals surface area (Å²) in [6, 6.07) is 4.07. The zero-order valence-corrected chi connectivity index (χ0v) is 13.2. The molecule has 0 bridgehead atoms. The molecule has 0 atom stereocenters. The van der Waals surface area contributed by atoms with Gasteiger partial charge in [-0.3, -0.25) is 0 Å². The van der Waals surface area contributed by atoms with Gasteiger partial charge in [0.05, 0.1) is 5.69 Å². The number of aryl methyl sites for hydroxylation is 3. The first kappa shape index (κ1) is 14.2. The molecule has 5 heteroatoms. The van der Waals surface area contributed by atoms with E-state index in [1.165, 1.54) is 5.69 Å². The molecule has 4 nitrogen and oxygen atoms in total. The van der Waals surface area contributed by atoms with Crippen molar-refractivity contribution in [2.75, 3.05) is 0 Å². The Balaban J connectivity index is 2.48. The first-order valence-electron chi connectivity index (χ1n) is 6.79. The van der Waals surface area contributed by atoms with Gasteiger partial charge in [0.15, 0.2) is 5.82 Å². The van der Waals surface area contributed by atoms with Crippen LogP contribution in [-0.4, -0.2) is 19.7 Å². The van der Waals surface area contributed by atoms with E-state index in [2.05, 4.69) is 57.8 Å². The first-order chi connectivity index (χ1) is 9.17. The van der Waals surface area contributed by atoms with Crippen LogP contribution in [0, 0.1) is 0 Å². The van der Waals surface area contributed by atoms with Crippen molar-refractivity contribution in [3.05, 3.63) is 33.9 Å². The number of hydrogen-bond acceptors (Lipinski definition) is 3. The van der Waals surface area contributed by atoms with Gasteiger partial charge in [0.25, 0.3) is 0 Å². The SMILES string of the molecule is CCCc1nc(Br)cc(-n2nc(CC)cc2CC)n1. The molecule has 19 heavy (non-hydrogen) atoms. The van der Waals surface area contributed by atoms with Crippen LogP contribution in [0.25, 0.3) is 5.82 Å². The number of rotatable bonds is 5. The third kappa shape index (κ3) is 3.21. The maximum atomic E-state index is 4.62. The first-order valence-corrected chi connectivity index (χ1v) is 7.58. The van der Waals surface area contributed by atoms with Crippen LogP contribution in [0.3, 0.4) is 0 Å². The normalized spacial score (nSPS) is 10.9. The quantitative estimate of drug-likeness (QED) is 0.791. The smallest absolute Gasteiger partial charge is 0.158 e. The van der Waals surface area contributed by atoms with Gasteiger partial charge in [-0.2, -0.15) is 5.10 Å². The van der Waals surface area contributed by atoms with Gasteiger partial charge in [-0.15, -0.1) is 0 Å². The lowest BCUT2D eigenvalue weighted by atomic mass is 10.2. The molecule has 2 aromatic rings. The van der Waals surface area contributed by atoms with Crippen molar-refractivity contribution in [3.8, 4) is 5.82 Å². The Kier molecular flexibility index (Phi) is 4.69. The van der Waals surface area contributed by atoms with Gasteiger partial charge in [0.2, 0.25) is 0 Å². The van der Waals surface area contributed by atoms with E-state index in [1.807, 2.05) is 10.7 Å². The molecular formula is C14H19BrN4. The van der Waals surface area contributed by atoms with E-state index in [-0.39, 0.29) is 0 Å². The summed E-state index contributed by atoms with van der Waals surface area (Å²) >= 11 is 3.46. The maximum Gasteiger partial charge on any atom is 0.158 e. The van der Waals surface area contributed by atoms with Crippen LogP contribution in [-0.2, 0) is 19.3 Å². The van der Waals surface area contributed by atoms with Gasteiger partial charge >= 0.3 is 0 Å². The van der Waals surface area contributed by atoms with E-state index < -0.39 is 0 Å². The Labute approximate surface area is 122 Å². The summed E-state index contributed by atoms with van der Waals surface area (Å²) in [4.78, 5) is 9.01. The molecule has 0 amide bonds. The van der Waals surface area contributed by atoms with E-state index >= 15 is 0 Å². The Morgan fingerprint density at radius 1 is 1.11 bits per heavy atom. The highest BCUT2D eigenvalue weighted by Crippen LogP contribution is 2.16. The topological polar surface area (TPSA) is 43.6 Å². The largest absolute Gasteiger partial charge is 0.226 e. The van der Waals surface area contributed by atoms with Gasteiger partial charge in [-0.25, -0.2) is 14.6 Å². The summed E-state index contributed by atoms with van der Waals surface area (Å²) in [5.74, 6) is 1.71. The van der Waals surface area contributed by atoms with Crippen LogP contribution in [0.2, 0.25) is 0 Å². The number of nitrogens with zero attached hydrogens (tertiary/aromatic N) is 4. The van der Waals surface area contributed by atoms with Gasteiger partial charge in [0, 0.05) is 18.2 Å². The zero-order chi connectivity index (χ0) is 13.8. The van der Waals surface area contributed by atoms with Crippen molar-refractivity contribution in [2.45, 2.75) is 46.5 Å². The molecule has 0 unspecified atom stereocenters. The molecule has 102 valence electrons. The van der Waals surface area contributed by atoms with E-state index in [4.69, 9.17) is 0 Å². The Hall–Kier alpha value is -1.23. The molecule has 0 N–H and O–H groups in total. The lowest BCUT2D eigenvalue weighted by Crippen LogP contribution is -2.07. The molecule has 0 aliphatic heterocycles. The van der Waals surface area contributed by atoms with Crippen molar-refractivity contribution in [2.24, 2.45) is 0 Å². The van der Waals surface area contributed by atoms with Crippen LogP contribution < -0.4 is 0 Å². The molecular weight excluding hydrogens is 304 g/mol. The molecule has 0 aliphatic rings. The summed E-state index contributed by atoms with van der Waals surface area (Å²) in [7, 11) is 0. The summed E-state index contributed by atoms with van der Waals surface area (Å²) in [5.41, 5.74) is 2.29. The average Bonchev–Trinajstić information content (AvgIpc) is 2.81. The molecule has 0 spiro atoms. The second kappa shape index (κ2) is 6.28. The highest BCUT2D eigenvalue weighted by Gasteiger charge is 2.10. The minimum atomic E-state index is 0.816. The van der Waals surface area contributed by atoms with Crippen LogP contribution in [0.5, 0.6) is 0 Å². The summed E-state index contributed by atoms with van der Waals surface area (Å²) in [6.45, 7) is 6.38. The molecule has 2 aromatic heterocycles. The second-order valence-electron chi connectivity index (χ2n) is 4.46. The standard InChI is InChI=1S/C14H19BrN4/c1-4-7-13-16-12(15)9-14(17-13)19-11(6-3)8-10(5-2)18-19/h8-9H,4-7H2,1-3H3. The van der Waals surface area contributed by atoms with E-state index in [0.29, 0.717) is 0 Å². The van der Waals surface area contributed by atoms with E-state index in [0.717, 1.165) is 47.6 Å². The van der Waals surface area contributed by atoms with Crippen molar-refractivity contribution in [1.29, 1.82) is 0 Å². The number of halogens is 1. The molecule has 0 radical (unpaired) electrons. The fourth-order valence-corrected chi connectivity index (χ4v) is 2.40. The summed E-state index contributed by atoms with van der Waals surface area (Å²) in [6.07, 6.45) is 3.80. The highest BCUT2D eigenvalue weighted by molar-refractivity contribution is 9.10. The predicted molar refractivity (Wildman–Crippen MR) is 79.6 cm³/mol. The van der Waals surface area contributed by atoms with Crippen LogP contribution in [0.4, 0.5) is 0 Å². The van der Waals surface area contributed by atoms with Crippen molar-refractivity contribution in [1.82, 2.24) is 19.7 Å². The molecule has 2 heterocycles. The zero-order valence-electron chi connectivity index (χ0n) is 11.6. The highest BCUT2D eigenvalue weighted by atomic mass is 79.9. The Morgan fingerprint density at radius 3 is 2.53 bits per heavy atom. The molecule has 0 saturated heterocycles. The fraction of sp³-hybridized carbons (Fsp3) is 0.500. The molecule has 0 saturated carbocycles. The third-order valence-corrected chi connectivity index (χ3v) is 3.38. The molecule has 2 rings (SSSR count). The number of hydrogen-bond donors (Lipinski definition) is 0. The van der Waals surface area contributed by atoms with Crippen LogP contribution in [0.1, 0.15) is 44.4 Å². The van der Waals surface area contributed by atoms with Crippen LogP contribution >= 0.6 is 15.9 Å². The lowest BCUT2D eigenvalue weighted by molar-refractivity contribution is 0.743. The molecule has 0 fully saturated rings. The fourth-order valence-electron chi connectivity index (χ4n) is 1.99. The van der Waals surface area contributed by atoms with Gasteiger partial charge in [-0.05, 0) is 41.3 Å².